The number of amides is 1. The van der Waals surface area contributed by atoms with Crippen molar-refractivity contribution in [3.05, 3.63) is 64.5 Å². The second kappa shape index (κ2) is 6.22. The minimum absolute atomic E-state index is 0.225. The topological polar surface area (TPSA) is 68.0 Å². The van der Waals surface area contributed by atoms with Gasteiger partial charge in [-0.3, -0.25) is 4.79 Å². The number of benzene rings is 2. The Balaban J connectivity index is 1.87. The standard InChI is InChI=1S/C17H14ClN3O2/c1-10-14(18)7-4-8-15(10)20-17(22)13-6-3-5-12(9-13)16-19-11(2)23-21-16/h3-9H,1-2H3,(H,20,22). The highest BCUT2D eigenvalue weighted by atomic mass is 35.5. The second-order valence-electron chi connectivity index (χ2n) is 5.08. The van der Waals surface area contributed by atoms with E-state index in [1.165, 1.54) is 0 Å². The molecule has 0 bridgehead atoms. The fraction of sp³-hybridized carbons (Fsp3) is 0.118. The molecular weight excluding hydrogens is 314 g/mol. The molecule has 2 aromatic carbocycles. The number of rotatable bonds is 3. The zero-order chi connectivity index (χ0) is 16.4. The summed E-state index contributed by atoms with van der Waals surface area (Å²) in [6.07, 6.45) is 0. The first-order valence-electron chi connectivity index (χ1n) is 7.02. The summed E-state index contributed by atoms with van der Waals surface area (Å²) in [4.78, 5) is 16.6. The molecule has 0 spiro atoms. The van der Waals surface area contributed by atoms with Crippen LogP contribution >= 0.6 is 11.6 Å². The van der Waals surface area contributed by atoms with Gasteiger partial charge in [-0.25, -0.2) is 0 Å². The number of aryl methyl sites for hydroxylation is 1. The summed E-state index contributed by atoms with van der Waals surface area (Å²) in [6.45, 7) is 3.57. The first kappa shape index (κ1) is 15.2. The maximum atomic E-state index is 12.4. The van der Waals surface area contributed by atoms with Crippen molar-refractivity contribution in [1.29, 1.82) is 0 Å². The summed E-state index contributed by atoms with van der Waals surface area (Å²) in [5.74, 6) is 0.706. The molecule has 0 aliphatic heterocycles. The van der Waals surface area contributed by atoms with E-state index in [-0.39, 0.29) is 5.91 Å². The van der Waals surface area contributed by atoms with E-state index in [0.717, 1.165) is 11.1 Å². The van der Waals surface area contributed by atoms with Crippen LogP contribution in [-0.2, 0) is 0 Å². The third-order valence-electron chi connectivity index (χ3n) is 3.43. The van der Waals surface area contributed by atoms with Crippen LogP contribution in [0.25, 0.3) is 11.4 Å². The SMILES string of the molecule is Cc1nc(-c2cccc(C(=O)Nc3cccc(Cl)c3C)c2)no1. The largest absolute Gasteiger partial charge is 0.339 e. The molecule has 0 aliphatic rings. The van der Waals surface area contributed by atoms with Crippen molar-refractivity contribution in [1.82, 2.24) is 10.1 Å². The molecule has 0 fully saturated rings. The molecule has 23 heavy (non-hydrogen) atoms. The van der Waals surface area contributed by atoms with Gasteiger partial charge in [-0.05, 0) is 36.8 Å². The van der Waals surface area contributed by atoms with Crippen molar-refractivity contribution in [2.75, 3.05) is 5.32 Å². The fourth-order valence-corrected chi connectivity index (χ4v) is 2.33. The van der Waals surface area contributed by atoms with Gasteiger partial charge in [-0.15, -0.1) is 0 Å². The number of aromatic nitrogens is 2. The van der Waals surface area contributed by atoms with Crippen LogP contribution in [0.4, 0.5) is 5.69 Å². The Hall–Kier alpha value is -2.66. The molecule has 0 saturated heterocycles. The van der Waals surface area contributed by atoms with E-state index in [2.05, 4.69) is 15.5 Å². The lowest BCUT2D eigenvalue weighted by Gasteiger charge is -2.09. The van der Waals surface area contributed by atoms with Gasteiger partial charge in [-0.1, -0.05) is 35.0 Å². The molecule has 5 nitrogen and oxygen atoms in total. The highest BCUT2D eigenvalue weighted by molar-refractivity contribution is 6.31. The Morgan fingerprint density at radius 3 is 2.70 bits per heavy atom. The lowest BCUT2D eigenvalue weighted by Crippen LogP contribution is -2.12. The predicted molar refractivity (Wildman–Crippen MR) is 88.6 cm³/mol. The summed E-state index contributed by atoms with van der Waals surface area (Å²) in [7, 11) is 0. The molecule has 1 heterocycles. The summed E-state index contributed by atoms with van der Waals surface area (Å²) in [5.41, 5.74) is 2.73. The number of carbonyl (C=O) groups excluding carboxylic acids is 1. The van der Waals surface area contributed by atoms with Crippen LogP contribution in [0.5, 0.6) is 0 Å². The number of nitrogens with zero attached hydrogens (tertiary/aromatic N) is 2. The van der Waals surface area contributed by atoms with E-state index in [1.54, 1.807) is 37.3 Å². The van der Waals surface area contributed by atoms with Crippen LogP contribution in [-0.4, -0.2) is 16.0 Å². The number of hydrogen-bond acceptors (Lipinski definition) is 4. The van der Waals surface area contributed by atoms with Gasteiger partial charge in [0.05, 0.1) is 0 Å². The van der Waals surface area contributed by atoms with Crippen molar-refractivity contribution in [3.63, 3.8) is 0 Å². The van der Waals surface area contributed by atoms with Crippen LogP contribution in [0.3, 0.4) is 0 Å². The predicted octanol–water partition coefficient (Wildman–Crippen LogP) is 4.26. The van der Waals surface area contributed by atoms with Gasteiger partial charge in [0.2, 0.25) is 11.7 Å². The minimum atomic E-state index is -0.225. The monoisotopic (exact) mass is 327 g/mol. The van der Waals surface area contributed by atoms with E-state index in [1.807, 2.05) is 19.1 Å². The molecule has 1 amide bonds. The third kappa shape index (κ3) is 3.24. The van der Waals surface area contributed by atoms with Gasteiger partial charge in [0, 0.05) is 28.8 Å². The number of hydrogen-bond donors (Lipinski definition) is 1. The van der Waals surface area contributed by atoms with Gasteiger partial charge in [-0.2, -0.15) is 4.98 Å². The molecule has 1 aromatic heterocycles. The van der Waals surface area contributed by atoms with Crippen LogP contribution < -0.4 is 5.32 Å². The Kier molecular flexibility index (Phi) is 4.12. The van der Waals surface area contributed by atoms with Crippen molar-refractivity contribution in [2.24, 2.45) is 0 Å². The lowest BCUT2D eigenvalue weighted by atomic mass is 10.1. The molecule has 3 aromatic rings. The van der Waals surface area contributed by atoms with E-state index in [0.29, 0.717) is 28.0 Å². The van der Waals surface area contributed by atoms with Gasteiger partial charge < -0.3 is 9.84 Å². The first-order chi connectivity index (χ1) is 11.0. The number of halogens is 1. The molecule has 6 heteroatoms. The molecule has 0 atom stereocenters. The van der Waals surface area contributed by atoms with E-state index < -0.39 is 0 Å². The van der Waals surface area contributed by atoms with Gasteiger partial charge in [0.25, 0.3) is 5.91 Å². The zero-order valence-electron chi connectivity index (χ0n) is 12.6. The van der Waals surface area contributed by atoms with Crippen molar-refractivity contribution >= 4 is 23.2 Å². The lowest BCUT2D eigenvalue weighted by molar-refractivity contribution is 0.102. The first-order valence-corrected chi connectivity index (χ1v) is 7.39. The van der Waals surface area contributed by atoms with Gasteiger partial charge >= 0.3 is 0 Å². The molecule has 0 radical (unpaired) electrons. The Morgan fingerprint density at radius 1 is 1.17 bits per heavy atom. The summed E-state index contributed by atoms with van der Waals surface area (Å²) < 4.78 is 4.97. The number of nitrogens with one attached hydrogen (secondary N) is 1. The van der Waals surface area contributed by atoms with Crippen LogP contribution in [0, 0.1) is 13.8 Å². The van der Waals surface area contributed by atoms with Gasteiger partial charge in [0.1, 0.15) is 0 Å². The van der Waals surface area contributed by atoms with E-state index in [4.69, 9.17) is 16.1 Å². The minimum Gasteiger partial charge on any atom is -0.339 e. The summed E-state index contributed by atoms with van der Waals surface area (Å²) >= 11 is 6.07. The number of carbonyl (C=O) groups is 1. The number of anilines is 1. The Morgan fingerprint density at radius 2 is 1.96 bits per heavy atom. The molecular formula is C17H14ClN3O2. The third-order valence-corrected chi connectivity index (χ3v) is 3.84. The van der Waals surface area contributed by atoms with E-state index >= 15 is 0 Å². The quantitative estimate of drug-likeness (QED) is 0.780. The molecule has 0 saturated carbocycles. The van der Waals surface area contributed by atoms with Crippen molar-refractivity contribution in [2.45, 2.75) is 13.8 Å². The van der Waals surface area contributed by atoms with Crippen LogP contribution in [0.15, 0.2) is 47.0 Å². The second-order valence-corrected chi connectivity index (χ2v) is 5.49. The van der Waals surface area contributed by atoms with Crippen LogP contribution in [0.1, 0.15) is 21.8 Å². The van der Waals surface area contributed by atoms with E-state index in [9.17, 15) is 4.79 Å². The normalized spacial score (nSPS) is 10.6. The van der Waals surface area contributed by atoms with Gasteiger partial charge in [0.15, 0.2) is 0 Å². The highest BCUT2D eigenvalue weighted by Crippen LogP contribution is 2.24. The molecule has 116 valence electrons. The molecule has 0 aliphatic carbocycles. The summed E-state index contributed by atoms with van der Waals surface area (Å²) in [5, 5.41) is 7.33. The maximum Gasteiger partial charge on any atom is 0.255 e. The maximum absolute atomic E-state index is 12.4. The van der Waals surface area contributed by atoms with Crippen molar-refractivity contribution in [3.8, 4) is 11.4 Å². The average molecular weight is 328 g/mol. The smallest absolute Gasteiger partial charge is 0.255 e. The van der Waals surface area contributed by atoms with Crippen molar-refractivity contribution < 1.29 is 9.32 Å². The summed E-state index contributed by atoms with van der Waals surface area (Å²) in [6, 6.07) is 12.4. The molecule has 0 unspecified atom stereocenters. The van der Waals surface area contributed by atoms with Crippen LogP contribution in [0.2, 0.25) is 5.02 Å². The Labute approximate surface area is 138 Å². The highest BCUT2D eigenvalue weighted by Gasteiger charge is 2.12. The molecule has 1 N–H and O–H groups in total. The average Bonchev–Trinajstić information content (AvgIpc) is 2.98. The molecule has 3 rings (SSSR count). The fourth-order valence-electron chi connectivity index (χ4n) is 2.15. The Bertz CT molecular complexity index is 874. The zero-order valence-corrected chi connectivity index (χ0v) is 13.4.